The molecule has 1 fully saturated rings. The third kappa shape index (κ3) is 4.23. The monoisotopic (exact) mass is 384 g/mol. The summed E-state index contributed by atoms with van der Waals surface area (Å²) in [6.07, 6.45) is 0.405. The molecule has 0 aromatic heterocycles. The summed E-state index contributed by atoms with van der Waals surface area (Å²) in [6, 6.07) is 6.73. The van der Waals surface area contributed by atoms with Crippen LogP contribution in [0.5, 0.6) is 5.75 Å². The Labute approximate surface area is 143 Å². The van der Waals surface area contributed by atoms with Crippen LogP contribution in [-0.4, -0.2) is 46.7 Å². The van der Waals surface area contributed by atoms with E-state index < -0.39 is 17.7 Å². The lowest BCUT2D eigenvalue weighted by Crippen LogP contribution is -2.44. The Morgan fingerprint density at radius 2 is 2.00 bits per heavy atom. The van der Waals surface area contributed by atoms with E-state index in [1.54, 1.807) is 19.1 Å². The number of halogens is 1. The lowest BCUT2D eigenvalue weighted by molar-refractivity contribution is -0.132. The molecule has 0 spiro atoms. The number of urea groups is 1. The van der Waals surface area contributed by atoms with Gasteiger partial charge in [-0.15, -0.1) is 0 Å². The molecule has 1 aliphatic heterocycles. The largest absolute Gasteiger partial charge is 0.491 e. The highest BCUT2D eigenvalue weighted by molar-refractivity contribution is 9.10. The van der Waals surface area contributed by atoms with E-state index in [4.69, 9.17) is 4.74 Å². The van der Waals surface area contributed by atoms with Crippen molar-refractivity contribution in [3.8, 4) is 5.75 Å². The molecule has 1 aromatic rings. The van der Waals surface area contributed by atoms with Crippen molar-refractivity contribution < 1.29 is 19.4 Å². The first kappa shape index (κ1) is 17.7. The summed E-state index contributed by atoms with van der Waals surface area (Å²) in [7, 11) is 0. The normalized spacial score (nSPS) is 22.2. The van der Waals surface area contributed by atoms with Crippen LogP contribution in [0.25, 0.3) is 0 Å². The number of benzene rings is 1. The first-order chi connectivity index (χ1) is 10.9. The van der Waals surface area contributed by atoms with E-state index in [9.17, 15) is 14.7 Å². The fraction of sp³-hybridized carbons (Fsp3) is 0.500. The highest BCUT2D eigenvalue weighted by atomic mass is 79.9. The number of rotatable bonds is 7. The molecule has 6 nitrogen and oxygen atoms in total. The van der Waals surface area contributed by atoms with E-state index in [1.165, 1.54) is 0 Å². The fourth-order valence-corrected chi connectivity index (χ4v) is 2.83. The van der Waals surface area contributed by atoms with Crippen molar-refractivity contribution in [2.45, 2.75) is 38.3 Å². The Morgan fingerprint density at radius 3 is 2.61 bits per heavy atom. The Kier molecular flexibility index (Phi) is 5.64. The van der Waals surface area contributed by atoms with Gasteiger partial charge in [-0.1, -0.05) is 29.3 Å². The minimum absolute atomic E-state index is 0.00316. The number of carbonyl (C=O) groups excluding carboxylic acids is 2. The second-order valence-electron chi connectivity index (χ2n) is 5.85. The van der Waals surface area contributed by atoms with Crippen molar-refractivity contribution in [1.82, 2.24) is 10.2 Å². The molecule has 7 heteroatoms. The molecule has 2 rings (SSSR count). The zero-order valence-corrected chi connectivity index (χ0v) is 14.8. The van der Waals surface area contributed by atoms with Crippen LogP contribution in [0.2, 0.25) is 0 Å². The quantitative estimate of drug-likeness (QED) is 0.706. The van der Waals surface area contributed by atoms with Crippen molar-refractivity contribution in [2.24, 2.45) is 0 Å². The maximum atomic E-state index is 12.4. The summed E-state index contributed by atoms with van der Waals surface area (Å²) in [5.41, 5.74) is -0.877. The van der Waals surface area contributed by atoms with Crippen LogP contribution in [0.4, 0.5) is 4.79 Å². The SMILES string of the molecule is CCCC1(C)NC(=O)N(CC(O)COc2ccc(Br)cc2)C1=O. The first-order valence-corrected chi connectivity index (χ1v) is 8.35. The summed E-state index contributed by atoms with van der Waals surface area (Å²) in [5, 5.41) is 12.7. The van der Waals surface area contributed by atoms with Gasteiger partial charge in [0.2, 0.25) is 0 Å². The number of aliphatic hydroxyl groups is 1. The van der Waals surface area contributed by atoms with Gasteiger partial charge in [0.05, 0.1) is 6.54 Å². The van der Waals surface area contributed by atoms with Crippen LogP contribution in [0.15, 0.2) is 28.7 Å². The Bertz CT molecular complexity index is 578. The molecule has 0 saturated carbocycles. The standard InChI is InChI=1S/C16H21BrN2O4/c1-3-8-16(2)14(21)19(15(22)18-16)9-12(20)10-23-13-6-4-11(17)5-7-13/h4-7,12,20H,3,8-10H2,1-2H3,(H,18,22). The van der Waals surface area contributed by atoms with E-state index in [2.05, 4.69) is 21.2 Å². The number of ether oxygens (including phenoxy) is 1. The van der Waals surface area contributed by atoms with E-state index >= 15 is 0 Å². The fourth-order valence-electron chi connectivity index (χ4n) is 2.57. The van der Waals surface area contributed by atoms with E-state index in [0.717, 1.165) is 15.8 Å². The number of carbonyl (C=O) groups is 2. The third-order valence-electron chi connectivity index (χ3n) is 3.74. The van der Waals surface area contributed by atoms with Gasteiger partial charge in [0.1, 0.15) is 24.0 Å². The molecule has 1 heterocycles. The predicted molar refractivity (Wildman–Crippen MR) is 89.2 cm³/mol. The molecule has 1 aromatic carbocycles. The van der Waals surface area contributed by atoms with Gasteiger partial charge in [-0.3, -0.25) is 9.69 Å². The van der Waals surface area contributed by atoms with Gasteiger partial charge in [0, 0.05) is 4.47 Å². The number of aliphatic hydroxyl groups excluding tert-OH is 1. The molecular weight excluding hydrogens is 364 g/mol. The third-order valence-corrected chi connectivity index (χ3v) is 4.27. The Balaban J connectivity index is 1.89. The molecular formula is C16H21BrN2O4. The lowest BCUT2D eigenvalue weighted by atomic mass is 9.96. The van der Waals surface area contributed by atoms with E-state index in [1.807, 2.05) is 19.1 Å². The number of nitrogens with one attached hydrogen (secondary N) is 1. The molecule has 0 radical (unpaired) electrons. The van der Waals surface area contributed by atoms with E-state index in [-0.39, 0.29) is 19.1 Å². The number of β-amino-alcohol motifs (C(OH)–C–C–N with tert-alkyl or cyclic N) is 1. The second kappa shape index (κ2) is 7.31. The summed E-state index contributed by atoms with van der Waals surface area (Å²) < 4.78 is 6.39. The van der Waals surface area contributed by atoms with Crippen LogP contribution in [0, 0.1) is 0 Å². The van der Waals surface area contributed by atoms with Gasteiger partial charge < -0.3 is 15.2 Å². The number of amides is 3. The van der Waals surface area contributed by atoms with Crippen LogP contribution in [0.3, 0.4) is 0 Å². The molecule has 2 unspecified atom stereocenters. The van der Waals surface area contributed by atoms with Crippen LogP contribution >= 0.6 is 15.9 Å². The molecule has 1 aliphatic rings. The second-order valence-corrected chi connectivity index (χ2v) is 6.76. The Morgan fingerprint density at radius 1 is 1.35 bits per heavy atom. The topological polar surface area (TPSA) is 78.9 Å². The lowest BCUT2D eigenvalue weighted by Gasteiger charge is -2.22. The summed E-state index contributed by atoms with van der Waals surface area (Å²) in [5.74, 6) is 0.312. The number of imide groups is 1. The van der Waals surface area contributed by atoms with Gasteiger partial charge in [-0.25, -0.2) is 4.79 Å². The van der Waals surface area contributed by atoms with Crippen LogP contribution in [-0.2, 0) is 4.79 Å². The highest BCUT2D eigenvalue weighted by Crippen LogP contribution is 2.23. The van der Waals surface area contributed by atoms with Crippen LogP contribution in [0.1, 0.15) is 26.7 Å². The molecule has 23 heavy (non-hydrogen) atoms. The summed E-state index contributed by atoms with van der Waals surface area (Å²) >= 11 is 3.33. The smallest absolute Gasteiger partial charge is 0.325 e. The van der Waals surface area contributed by atoms with Gasteiger partial charge in [-0.2, -0.15) is 0 Å². The number of hydrogen-bond acceptors (Lipinski definition) is 4. The molecule has 0 aliphatic carbocycles. The minimum atomic E-state index is -0.947. The van der Waals surface area contributed by atoms with Crippen molar-refractivity contribution in [3.63, 3.8) is 0 Å². The van der Waals surface area contributed by atoms with Crippen molar-refractivity contribution in [2.75, 3.05) is 13.2 Å². The van der Waals surface area contributed by atoms with Crippen molar-refractivity contribution in [1.29, 1.82) is 0 Å². The van der Waals surface area contributed by atoms with Gasteiger partial charge in [-0.05, 0) is 37.6 Å². The number of hydrogen-bond donors (Lipinski definition) is 2. The molecule has 3 amide bonds. The Hall–Kier alpha value is -1.60. The van der Waals surface area contributed by atoms with Gasteiger partial charge in [0.25, 0.3) is 5.91 Å². The molecule has 2 N–H and O–H groups in total. The maximum Gasteiger partial charge on any atom is 0.325 e. The average molecular weight is 385 g/mol. The maximum absolute atomic E-state index is 12.4. The summed E-state index contributed by atoms with van der Waals surface area (Å²) in [6.45, 7) is 3.58. The molecule has 2 atom stereocenters. The minimum Gasteiger partial charge on any atom is -0.491 e. The van der Waals surface area contributed by atoms with Gasteiger partial charge >= 0.3 is 6.03 Å². The first-order valence-electron chi connectivity index (χ1n) is 7.56. The molecule has 126 valence electrons. The molecule has 1 saturated heterocycles. The summed E-state index contributed by atoms with van der Waals surface area (Å²) in [4.78, 5) is 25.4. The average Bonchev–Trinajstić information content (AvgIpc) is 2.70. The zero-order chi connectivity index (χ0) is 17.0. The number of nitrogens with zero attached hydrogens (tertiary/aromatic N) is 1. The van der Waals surface area contributed by atoms with Crippen LogP contribution < -0.4 is 10.1 Å². The van der Waals surface area contributed by atoms with Crippen molar-refractivity contribution >= 4 is 27.9 Å². The highest BCUT2D eigenvalue weighted by Gasteiger charge is 2.47. The van der Waals surface area contributed by atoms with E-state index in [0.29, 0.717) is 12.2 Å². The van der Waals surface area contributed by atoms with Gasteiger partial charge in [0.15, 0.2) is 0 Å². The van der Waals surface area contributed by atoms with Crippen molar-refractivity contribution in [3.05, 3.63) is 28.7 Å². The predicted octanol–water partition coefficient (Wildman–Crippen LogP) is 2.30. The zero-order valence-electron chi connectivity index (χ0n) is 13.2. The molecule has 0 bridgehead atoms.